The average molecular weight is 445 g/mol. The van der Waals surface area contributed by atoms with Gasteiger partial charge in [-0.1, -0.05) is 41.6 Å². The van der Waals surface area contributed by atoms with Gasteiger partial charge in [0.05, 0.1) is 10.8 Å². The number of anilines is 1. The van der Waals surface area contributed by atoms with E-state index < -0.39 is 0 Å². The van der Waals surface area contributed by atoms with Gasteiger partial charge in [0, 0.05) is 12.7 Å². The molecule has 1 amide bonds. The van der Waals surface area contributed by atoms with Crippen LogP contribution in [0.15, 0.2) is 41.6 Å². The summed E-state index contributed by atoms with van der Waals surface area (Å²) in [6.07, 6.45) is -0.347. The zero-order chi connectivity index (χ0) is 21.8. The van der Waals surface area contributed by atoms with E-state index >= 15 is 0 Å². The van der Waals surface area contributed by atoms with Crippen molar-refractivity contribution in [2.24, 2.45) is 7.05 Å². The first kappa shape index (κ1) is 22.2. The van der Waals surface area contributed by atoms with Gasteiger partial charge in [-0.2, -0.15) is 0 Å². The minimum Gasteiger partial charge on any atom is -0.481 e. The molecule has 1 heterocycles. The zero-order valence-electron chi connectivity index (χ0n) is 17.7. The standard InChI is InChI=1S/C22H25ClN4O2S/c1-13-9-10-17(23)19(11-13)29-16(4)21-25-26-22(27(21)5)30-12-20(28)24-18-8-6-7-14(2)15(18)3/h6-11,16H,12H2,1-5H3,(H,24,28). The molecule has 0 saturated heterocycles. The van der Waals surface area contributed by atoms with Crippen molar-refractivity contribution in [2.75, 3.05) is 11.1 Å². The van der Waals surface area contributed by atoms with Crippen LogP contribution in [-0.4, -0.2) is 26.4 Å². The molecule has 0 aliphatic rings. The third kappa shape index (κ3) is 5.15. The van der Waals surface area contributed by atoms with Gasteiger partial charge >= 0.3 is 0 Å². The van der Waals surface area contributed by atoms with Crippen LogP contribution in [0.25, 0.3) is 0 Å². The lowest BCUT2D eigenvalue weighted by Gasteiger charge is -2.15. The van der Waals surface area contributed by atoms with E-state index in [0.717, 1.165) is 22.4 Å². The van der Waals surface area contributed by atoms with Crippen molar-refractivity contribution in [3.63, 3.8) is 0 Å². The number of aromatic nitrogens is 3. The van der Waals surface area contributed by atoms with Gasteiger partial charge in [-0.3, -0.25) is 4.79 Å². The molecule has 3 rings (SSSR count). The molecule has 1 N–H and O–H groups in total. The van der Waals surface area contributed by atoms with E-state index in [-0.39, 0.29) is 17.8 Å². The molecule has 3 aromatic rings. The van der Waals surface area contributed by atoms with Gasteiger partial charge in [0.1, 0.15) is 5.75 Å². The van der Waals surface area contributed by atoms with Crippen molar-refractivity contribution in [1.82, 2.24) is 14.8 Å². The summed E-state index contributed by atoms with van der Waals surface area (Å²) < 4.78 is 7.83. The second-order valence-electron chi connectivity index (χ2n) is 7.18. The highest BCUT2D eigenvalue weighted by Gasteiger charge is 2.19. The first-order chi connectivity index (χ1) is 14.3. The van der Waals surface area contributed by atoms with E-state index in [9.17, 15) is 4.79 Å². The van der Waals surface area contributed by atoms with Gasteiger partial charge < -0.3 is 14.6 Å². The smallest absolute Gasteiger partial charge is 0.234 e. The van der Waals surface area contributed by atoms with E-state index in [1.807, 2.05) is 75.7 Å². The molecule has 0 saturated carbocycles. The van der Waals surface area contributed by atoms with Gasteiger partial charge in [0.2, 0.25) is 5.91 Å². The molecule has 1 unspecified atom stereocenters. The summed E-state index contributed by atoms with van der Waals surface area (Å²) >= 11 is 7.56. The maximum Gasteiger partial charge on any atom is 0.234 e. The van der Waals surface area contributed by atoms with Crippen LogP contribution in [0.1, 0.15) is 35.5 Å². The highest BCUT2D eigenvalue weighted by atomic mass is 35.5. The molecule has 0 aliphatic carbocycles. The number of nitrogens with one attached hydrogen (secondary N) is 1. The molecule has 30 heavy (non-hydrogen) atoms. The van der Waals surface area contributed by atoms with Crippen LogP contribution in [0.4, 0.5) is 5.69 Å². The number of carbonyl (C=O) groups is 1. The fourth-order valence-electron chi connectivity index (χ4n) is 2.95. The van der Waals surface area contributed by atoms with Crippen molar-refractivity contribution >= 4 is 35.0 Å². The second kappa shape index (κ2) is 9.53. The minimum absolute atomic E-state index is 0.0888. The molecule has 6 nitrogen and oxygen atoms in total. The third-order valence-electron chi connectivity index (χ3n) is 4.83. The number of amides is 1. The van der Waals surface area contributed by atoms with E-state index in [1.165, 1.54) is 11.8 Å². The van der Waals surface area contributed by atoms with Crippen molar-refractivity contribution in [1.29, 1.82) is 0 Å². The molecule has 2 aromatic carbocycles. The molecule has 158 valence electrons. The van der Waals surface area contributed by atoms with Crippen LogP contribution in [0, 0.1) is 20.8 Å². The predicted octanol–water partition coefficient (Wildman–Crippen LogP) is 5.26. The van der Waals surface area contributed by atoms with Crippen LogP contribution in [0.5, 0.6) is 5.75 Å². The Kier molecular flexibility index (Phi) is 7.05. The number of thioether (sulfide) groups is 1. The molecule has 0 spiro atoms. The van der Waals surface area contributed by atoms with Crippen molar-refractivity contribution in [2.45, 2.75) is 39.0 Å². The summed E-state index contributed by atoms with van der Waals surface area (Å²) in [4.78, 5) is 12.4. The van der Waals surface area contributed by atoms with Crippen LogP contribution >= 0.6 is 23.4 Å². The first-order valence-corrected chi connectivity index (χ1v) is 10.9. The third-order valence-corrected chi connectivity index (χ3v) is 6.17. The molecule has 1 atom stereocenters. The molecule has 0 bridgehead atoms. The maximum atomic E-state index is 12.4. The van der Waals surface area contributed by atoms with Gasteiger partial charge in [-0.15, -0.1) is 10.2 Å². The number of rotatable bonds is 7. The Balaban J connectivity index is 1.62. The average Bonchev–Trinajstić information content (AvgIpc) is 3.07. The van der Waals surface area contributed by atoms with Crippen LogP contribution < -0.4 is 10.1 Å². The van der Waals surface area contributed by atoms with E-state index in [1.54, 1.807) is 0 Å². The summed E-state index contributed by atoms with van der Waals surface area (Å²) in [5.41, 5.74) is 4.10. The summed E-state index contributed by atoms with van der Waals surface area (Å²) in [5, 5.41) is 12.6. The Bertz CT molecular complexity index is 1070. The fourth-order valence-corrected chi connectivity index (χ4v) is 3.83. The Labute approximate surface area is 186 Å². The second-order valence-corrected chi connectivity index (χ2v) is 8.53. The number of nitrogens with zero attached hydrogens (tertiary/aromatic N) is 3. The molecule has 0 fully saturated rings. The predicted molar refractivity (Wildman–Crippen MR) is 122 cm³/mol. The van der Waals surface area contributed by atoms with Crippen LogP contribution in [0.2, 0.25) is 5.02 Å². The molecule has 1 aromatic heterocycles. The zero-order valence-corrected chi connectivity index (χ0v) is 19.3. The Morgan fingerprint density at radius 1 is 1.23 bits per heavy atom. The van der Waals surface area contributed by atoms with Crippen LogP contribution in [0.3, 0.4) is 0 Å². The first-order valence-electron chi connectivity index (χ1n) is 9.57. The van der Waals surface area contributed by atoms with Crippen molar-refractivity contribution < 1.29 is 9.53 Å². The van der Waals surface area contributed by atoms with Crippen molar-refractivity contribution in [3.05, 3.63) is 63.9 Å². The number of halogens is 1. The van der Waals surface area contributed by atoms with Gasteiger partial charge in [-0.05, 0) is 62.6 Å². The number of hydrogen-bond acceptors (Lipinski definition) is 5. The van der Waals surface area contributed by atoms with Crippen molar-refractivity contribution in [3.8, 4) is 5.75 Å². The van der Waals surface area contributed by atoms with E-state index in [4.69, 9.17) is 16.3 Å². The van der Waals surface area contributed by atoms with Gasteiger partial charge in [-0.25, -0.2) is 0 Å². The van der Waals surface area contributed by atoms with E-state index in [2.05, 4.69) is 15.5 Å². The monoisotopic (exact) mass is 444 g/mol. The molecule has 0 aliphatic heterocycles. The Morgan fingerprint density at radius 2 is 2.00 bits per heavy atom. The summed E-state index contributed by atoms with van der Waals surface area (Å²) in [6, 6.07) is 11.5. The maximum absolute atomic E-state index is 12.4. The normalized spacial score (nSPS) is 11.9. The largest absolute Gasteiger partial charge is 0.481 e. The number of hydrogen-bond donors (Lipinski definition) is 1. The fraction of sp³-hybridized carbons (Fsp3) is 0.318. The Hall–Kier alpha value is -2.51. The summed E-state index contributed by atoms with van der Waals surface area (Å²) in [7, 11) is 1.86. The van der Waals surface area contributed by atoms with E-state index in [0.29, 0.717) is 21.8 Å². The lowest BCUT2D eigenvalue weighted by molar-refractivity contribution is -0.113. The van der Waals surface area contributed by atoms with Crippen LogP contribution in [-0.2, 0) is 11.8 Å². The highest BCUT2D eigenvalue weighted by Crippen LogP contribution is 2.30. The Morgan fingerprint density at radius 3 is 2.77 bits per heavy atom. The molecule has 8 heteroatoms. The SMILES string of the molecule is Cc1ccc(Cl)c(OC(C)c2nnc(SCC(=O)Nc3cccc(C)c3C)n2C)c1. The minimum atomic E-state index is -0.347. The molecular formula is C22H25ClN4O2S. The highest BCUT2D eigenvalue weighted by molar-refractivity contribution is 7.99. The van der Waals surface area contributed by atoms with Gasteiger partial charge in [0.15, 0.2) is 17.1 Å². The number of aryl methyl sites for hydroxylation is 2. The number of carbonyl (C=O) groups excluding carboxylic acids is 1. The lowest BCUT2D eigenvalue weighted by Crippen LogP contribution is -2.15. The lowest BCUT2D eigenvalue weighted by atomic mass is 10.1. The topological polar surface area (TPSA) is 69.0 Å². The number of benzene rings is 2. The summed E-state index contributed by atoms with van der Waals surface area (Å²) in [6.45, 7) is 7.89. The molecular weight excluding hydrogens is 420 g/mol. The number of ether oxygens (including phenoxy) is 1. The summed E-state index contributed by atoms with van der Waals surface area (Å²) in [5.74, 6) is 1.41. The quantitative estimate of drug-likeness (QED) is 0.503. The van der Waals surface area contributed by atoms with Gasteiger partial charge in [0.25, 0.3) is 0 Å². The molecule has 0 radical (unpaired) electrons.